The monoisotopic (exact) mass is 357 g/mol. The zero-order valence-electron chi connectivity index (χ0n) is 13.7. The topological polar surface area (TPSA) is 51.3 Å². The second kappa shape index (κ2) is 7.99. The Hall–Kier alpha value is -0.810. The fraction of sp³-hybridized carbons (Fsp3) is 0.688. The highest BCUT2D eigenvalue weighted by molar-refractivity contribution is 9.10. The summed E-state index contributed by atoms with van der Waals surface area (Å²) in [6, 6.07) is 1.91. The van der Waals surface area contributed by atoms with Crippen LogP contribution in [-0.4, -0.2) is 35.0 Å². The van der Waals surface area contributed by atoms with Crippen molar-refractivity contribution in [3.05, 3.63) is 22.4 Å². The molecule has 0 atom stereocenters. The van der Waals surface area contributed by atoms with Crippen molar-refractivity contribution in [1.82, 2.24) is 9.47 Å². The van der Waals surface area contributed by atoms with Crippen molar-refractivity contribution < 1.29 is 4.79 Å². The Kier molecular flexibility index (Phi) is 6.94. The largest absolute Gasteiger partial charge is 0.342 e. The molecule has 0 saturated carbocycles. The van der Waals surface area contributed by atoms with Crippen molar-refractivity contribution in [2.45, 2.75) is 47.1 Å². The lowest BCUT2D eigenvalue weighted by atomic mass is 9.93. The van der Waals surface area contributed by atoms with Crippen LogP contribution in [0.4, 0.5) is 0 Å². The van der Waals surface area contributed by atoms with E-state index in [1.807, 2.05) is 21.7 Å². The first-order valence-electron chi connectivity index (χ1n) is 7.69. The maximum Gasteiger partial charge on any atom is 0.270 e. The van der Waals surface area contributed by atoms with Gasteiger partial charge >= 0.3 is 0 Å². The molecule has 0 aromatic carbocycles. The van der Waals surface area contributed by atoms with E-state index in [0.717, 1.165) is 36.1 Å². The maximum absolute atomic E-state index is 12.9. The molecule has 1 heterocycles. The molecule has 0 saturated heterocycles. The van der Waals surface area contributed by atoms with Crippen LogP contribution in [0.25, 0.3) is 0 Å². The first kappa shape index (κ1) is 18.2. The van der Waals surface area contributed by atoms with Gasteiger partial charge in [0.1, 0.15) is 5.69 Å². The molecule has 21 heavy (non-hydrogen) atoms. The van der Waals surface area contributed by atoms with Gasteiger partial charge in [-0.15, -0.1) is 0 Å². The standard InChI is InChI=1S/C16H28BrN3O/c1-5-7-19-10-13(17)9-14(19)15(21)20(8-6-2)12-16(3,4)11-18/h9-10H,5-8,11-12,18H2,1-4H3. The van der Waals surface area contributed by atoms with Gasteiger partial charge in [-0.1, -0.05) is 27.7 Å². The van der Waals surface area contributed by atoms with E-state index in [1.54, 1.807) is 0 Å². The van der Waals surface area contributed by atoms with Gasteiger partial charge in [0.05, 0.1) is 0 Å². The fourth-order valence-electron chi connectivity index (χ4n) is 2.35. The minimum atomic E-state index is -0.0652. The highest BCUT2D eigenvalue weighted by atomic mass is 79.9. The SMILES string of the molecule is CCCN(CC(C)(C)CN)C(=O)c1cc(Br)cn1CCC. The number of aryl methyl sites for hydroxylation is 1. The van der Waals surface area contributed by atoms with Crippen LogP contribution < -0.4 is 5.73 Å². The Morgan fingerprint density at radius 3 is 2.57 bits per heavy atom. The van der Waals surface area contributed by atoms with E-state index in [0.29, 0.717) is 13.1 Å². The molecule has 120 valence electrons. The van der Waals surface area contributed by atoms with E-state index in [1.165, 1.54) is 0 Å². The molecule has 2 N–H and O–H groups in total. The first-order chi connectivity index (χ1) is 9.84. The maximum atomic E-state index is 12.9. The Labute approximate surface area is 136 Å². The van der Waals surface area contributed by atoms with Gasteiger partial charge in [-0.25, -0.2) is 0 Å². The first-order valence-corrected chi connectivity index (χ1v) is 8.49. The van der Waals surface area contributed by atoms with Crippen molar-refractivity contribution in [3.8, 4) is 0 Å². The molecule has 0 radical (unpaired) electrons. The molecule has 1 amide bonds. The van der Waals surface area contributed by atoms with Crippen molar-refractivity contribution in [1.29, 1.82) is 0 Å². The summed E-state index contributed by atoms with van der Waals surface area (Å²) in [5.74, 6) is 0.0949. The lowest BCUT2D eigenvalue weighted by Gasteiger charge is -2.32. The third kappa shape index (κ3) is 5.15. The van der Waals surface area contributed by atoms with Crippen LogP contribution in [0.3, 0.4) is 0 Å². The molecule has 1 rings (SSSR count). The number of halogens is 1. The van der Waals surface area contributed by atoms with E-state index in [9.17, 15) is 4.79 Å². The predicted molar refractivity (Wildman–Crippen MR) is 91.5 cm³/mol. The molecular weight excluding hydrogens is 330 g/mol. The van der Waals surface area contributed by atoms with E-state index in [-0.39, 0.29) is 11.3 Å². The van der Waals surface area contributed by atoms with Crippen LogP contribution in [0.15, 0.2) is 16.7 Å². The smallest absolute Gasteiger partial charge is 0.270 e. The van der Waals surface area contributed by atoms with Crippen LogP contribution in [0.5, 0.6) is 0 Å². The van der Waals surface area contributed by atoms with Gasteiger partial charge < -0.3 is 15.2 Å². The Balaban J connectivity index is 3.00. The number of nitrogens with zero attached hydrogens (tertiary/aromatic N) is 2. The normalized spacial score (nSPS) is 11.7. The van der Waals surface area contributed by atoms with Crippen LogP contribution in [0, 0.1) is 5.41 Å². The third-order valence-electron chi connectivity index (χ3n) is 3.50. The summed E-state index contributed by atoms with van der Waals surface area (Å²) in [7, 11) is 0. The Morgan fingerprint density at radius 2 is 2.05 bits per heavy atom. The van der Waals surface area contributed by atoms with Crippen molar-refractivity contribution >= 4 is 21.8 Å². The third-order valence-corrected chi connectivity index (χ3v) is 3.93. The van der Waals surface area contributed by atoms with E-state index in [2.05, 4.69) is 43.6 Å². The second-order valence-corrected chi connectivity index (χ2v) is 7.25. The highest BCUT2D eigenvalue weighted by Gasteiger charge is 2.25. The number of rotatable bonds is 8. The zero-order chi connectivity index (χ0) is 16.0. The summed E-state index contributed by atoms with van der Waals surface area (Å²) in [6.45, 7) is 11.3. The summed E-state index contributed by atoms with van der Waals surface area (Å²) in [5.41, 5.74) is 6.51. The lowest BCUT2D eigenvalue weighted by molar-refractivity contribution is 0.0678. The van der Waals surface area contributed by atoms with E-state index in [4.69, 9.17) is 5.73 Å². The van der Waals surface area contributed by atoms with Crippen molar-refractivity contribution in [3.63, 3.8) is 0 Å². The number of carbonyl (C=O) groups is 1. The summed E-state index contributed by atoms with van der Waals surface area (Å²) >= 11 is 3.47. The van der Waals surface area contributed by atoms with Crippen molar-refractivity contribution in [2.75, 3.05) is 19.6 Å². The molecule has 5 heteroatoms. The second-order valence-electron chi connectivity index (χ2n) is 6.33. The summed E-state index contributed by atoms with van der Waals surface area (Å²) < 4.78 is 2.98. The van der Waals surface area contributed by atoms with Crippen LogP contribution >= 0.6 is 15.9 Å². The molecule has 1 aromatic rings. The molecule has 1 aromatic heterocycles. The summed E-state index contributed by atoms with van der Waals surface area (Å²) in [4.78, 5) is 14.8. The quantitative estimate of drug-likeness (QED) is 0.773. The van der Waals surface area contributed by atoms with Gasteiger partial charge in [-0.2, -0.15) is 0 Å². The lowest BCUT2D eigenvalue weighted by Crippen LogP contribution is -2.43. The number of amides is 1. The molecule has 0 fully saturated rings. The molecule has 4 nitrogen and oxygen atoms in total. The van der Waals surface area contributed by atoms with E-state index < -0.39 is 0 Å². The molecule has 0 unspecified atom stereocenters. The van der Waals surface area contributed by atoms with Gasteiger partial charge in [0.2, 0.25) is 0 Å². The average molecular weight is 358 g/mol. The molecule has 0 aliphatic rings. The predicted octanol–water partition coefficient (Wildman–Crippen LogP) is 3.50. The fourth-order valence-corrected chi connectivity index (χ4v) is 2.81. The number of carbonyl (C=O) groups excluding carboxylic acids is 1. The number of hydrogen-bond acceptors (Lipinski definition) is 2. The van der Waals surface area contributed by atoms with Gasteiger partial charge in [0.15, 0.2) is 0 Å². The molecule has 0 aliphatic heterocycles. The van der Waals surface area contributed by atoms with Gasteiger partial charge in [-0.3, -0.25) is 4.79 Å². The molecular formula is C16H28BrN3O. The minimum absolute atomic E-state index is 0.0652. The van der Waals surface area contributed by atoms with Crippen LogP contribution in [-0.2, 0) is 6.54 Å². The Bertz CT molecular complexity index is 468. The average Bonchev–Trinajstić information content (AvgIpc) is 2.78. The summed E-state index contributed by atoms with van der Waals surface area (Å²) in [6.07, 6.45) is 3.93. The zero-order valence-corrected chi connectivity index (χ0v) is 15.2. The highest BCUT2D eigenvalue weighted by Crippen LogP contribution is 2.21. The molecule has 0 aliphatic carbocycles. The van der Waals surface area contributed by atoms with Gasteiger partial charge in [0.25, 0.3) is 5.91 Å². The summed E-state index contributed by atoms with van der Waals surface area (Å²) in [5, 5.41) is 0. The number of nitrogens with two attached hydrogens (primary N) is 1. The Morgan fingerprint density at radius 1 is 1.38 bits per heavy atom. The van der Waals surface area contributed by atoms with Crippen molar-refractivity contribution in [2.24, 2.45) is 11.1 Å². The van der Waals surface area contributed by atoms with Gasteiger partial charge in [-0.05, 0) is 46.8 Å². The van der Waals surface area contributed by atoms with Crippen LogP contribution in [0.2, 0.25) is 0 Å². The molecule has 0 bridgehead atoms. The molecule has 0 spiro atoms. The number of aromatic nitrogens is 1. The number of hydrogen-bond donors (Lipinski definition) is 1. The minimum Gasteiger partial charge on any atom is -0.342 e. The van der Waals surface area contributed by atoms with Crippen LogP contribution in [0.1, 0.15) is 51.0 Å². The van der Waals surface area contributed by atoms with E-state index >= 15 is 0 Å². The van der Waals surface area contributed by atoms with Gasteiger partial charge in [0, 0.05) is 30.3 Å².